The van der Waals surface area contributed by atoms with Crippen molar-refractivity contribution in [2.45, 2.75) is 13.1 Å². The van der Waals surface area contributed by atoms with Gasteiger partial charge in [-0.3, -0.25) is 14.5 Å². The van der Waals surface area contributed by atoms with Gasteiger partial charge in [0.2, 0.25) is 5.91 Å². The van der Waals surface area contributed by atoms with Gasteiger partial charge in [-0.25, -0.2) is 4.39 Å². The lowest BCUT2D eigenvalue weighted by atomic mass is 10.1. The molecule has 1 amide bonds. The van der Waals surface area contributed by atoms with Gasteiger partial charge in [0.25, 0.3) is 0 Å². The molecule has 1 N–H and O–H groups in total. The Labute approximate surface area is 160 Å². The van der Waals surface area contributed by atoms with Gasteiger partial charge >= 0.3 is 0 Å². The van der Waals surface area contributed by atoms with Crippen LogP contribution in [0.5, 0.6) is 0 Å². The number of pyridine rings is 1. The smallest absolute Gasteiger partial charge is 0.241 e. The standard InChI is InChI=1S/C21H17FN4O2/c22-18-6-4-16(5-7-18)17-12-25-26(13-17)14-21(27)24-11-15-3-8-19(23-10-15)20-2-1-9-28-20/h1-10,12-13H,11,14H2,(H,24,27). The average Bonchev–Trinajstić information content (AvgIpc) is 3.40. The summed E-state index contributed by atoms with van der Waals surface area (Å²) in [6.45, 7) is 0.468. The van der Waals surface area contributed by atoms with Gasteiger partial charge in [-0.1, -0.05) is 18.2 Å². The van der Waals surface area contributed by atoms with Crippen LogP contribution in [0.25, 0.3) is 22.6 Å². The van der Waals surface area contributed by atoms with Crippen LogP contribution in [0.1, 0.15) is 5.56 Å². The molecule has 0 bridgehead atoms. The van der Waals surface area contributed by atoms with Crippen molar-refractivity contribution in [2.24, 2.45) is 0 Å². The zero-order valence-corrected chi connectivity index (χ0v) is 14.9. The number of furan rings is 1. The molecule has 0 aliphatic heterocycles. The topological polar surface area (TPSA) is 73.0 Å². The molecule has 0 unspecified atom stereocenters. The van der Waals surface area contributed by atoms with E-state index in [2.05, 4.69) is 15.4 Å². The number of carbonyl (C=O) groups excluding carboxylic acids is 1. The minimum atomic E-state index is -0.290. The summed E-state index contributed by atoms with van der Waals surface area (Å²) >= 11 is 0. The fourth-order valence-corrected chi connectivity index (χ4v) is 2.74. The van der Waals surface area contributed by atoms with Crippen LogP contribution < -0.4 is 5.32 Å². The molecule has 0 spiro atoms. The molecule has 0 radical (unpaired) electrons. The van der Waals surface area contributed by atoms with E-state index in [1.165, 1.54) is 12.1 Å². The fourth-order valence-electron chi connectivity index (χ4n) is 2.74. The van der Waals surface area contributed by atoms with Gasteiger partial charge in [0.1, 0.15) is 18.1 Å². The molecule has 0 fully saturated rings. The van der Waals surface area contributed by atoms with E-state index in [9.17, 15) is 9.18 Å². The highest BCUT2D eigenvalue weighted by Gasteiger charge is 2.07. The Morgan fingerprint density at radius 2 is 1.93 bits per heavy atom. The van der Waals surface area contributed by atoms with E-state index in [1.807, 2.05) is 24.3 Å². The van der Waals surface area contributed by atoms with Crippen molar-refractivity contribution in [3.63, 3.8) is 0 Å². The third-order valence-electron chi connectivity index (χ3n) is 4.20. The first-order valence-corrected chi connectivity index (χ1v) is 8.71. The third kappa shape index (κ3) is 4.15. The van der Waals surface area contributed by atoms with Crippen LogP contribution in [0.4, 0.5) is 4.39 Å². The molecule has 4 rings (SSSR count). The molecule has 1 aromatic carbocycles. The summed E-state index contributed by atoms with van der Waals surface area (Å²) in [5, 5.41) is 7.03. The van der Waals surface area contributed by atoms with E-state index in [0.717, 1.165) is 22.4 Å². The first-order valence-electron chi connectivity index (χ1n) is 8.71. The maximum Gasteiger partial charge on any atom is 0.241 e. The molecule has 28 heavy (non-hydrogen) atoms. The van der Waals surface area contributed by atoms with Crippen LogP contribution in [0, 0.1) is 5.82 Å². The summed E-state index contributed by atoms with van der Waals surface area (Å²) in [5.74, 6) is 0.247. The van der Waals surface area contributed by atoms with Crippen LogP contribution >= 0.6 is 0 Å². The zero-order valence-electron chi connectivity index (χ0n) is 14.9. The number of amides is 1. The normalized spacial score (nSPS) is 10.8. The Morgan fingerprint density at radius 3 is 2.64 bits per heavy atom. The molecule has 3 heterocycles. The summed E-state index contributed by atoms with van der Waals surface area (Å²) in [5.41, 5.74) is 3.29. The fraction of sp³-hybridized carbons (Fsp3) is 0.0952. The lowest BCUT2D eigenvalue weighted by molar-refractivity contribution is -0.122. The number of nitrogens with zero attached hydrogens (tertiary/aromatic N) is 3. The lowest BCUT2D eigenvalue weighted by Gasteiger charge is -2.06. The minimum Gasteiger partial charge on any atom is -0.463 e. The quantitative estimate of drug-likeness (QED) is 0.557. The first-order chi connectivity index (χ1) is 13.7. The Morgan fingerprint density at radius 1 is 1.07 bits per heavy atom. The highest BCUT2D eigenvalue weighted by atomic mass is 19.1. The summed E-state index contributed by atoms with van der Waals surface area (Å²) in [6, 6.07) is 13.5. The van der Waals surface area contributed by atoms with Gasteiger partial charge < -0.3 is 9.73 Å². The summed E-state index contributed by atoms with van der Waals surface area (Å²) in [4.78, 5) is 16.5. The molecule has 6 nitrogen and oxygen atoms in total. The van der Waals surface area contributed by atoms with Crippen molar-refractivity contribution >= 4 is 5.91 Å². The van der Waals surface area contributed by atoms with E-state index in [0.29, 0.717) is 12.3 Å². The Bertz CT molecular complexity index is 1050. The van der Waals surface area contributed by atoms with Gasteiger partial charge in [0.05, 0.1) is 12.5 Å². The van der Waals surface area contributed by atoms with Crippen LogP contribution in [-0.4, -0.2) is 20.7 Å². The third-order valence-corrected chi connectivity index (χ3v) is 4.20. The lowest BCUT2D eigenvalue weighted by Crippen LogP contribution is -2.27. The van der Waals surface area contributed by atoms with E-state index in [-0.39, 0.29) is 18.3 Å². The summed E-state index contributed by atoms with van der Waals surface area (Å²) in [7, 11) is 0. The predicted molar refractivity (Wildman–Crippen MR) is 101 cm³/mol. The van der Waals surface area contributed by atoms with Gasteiger partial charge in [-0.15, -0.1) is 0 Å². The Hall–Kier alpha value is -3.74. The molecule has 0 aliphatic carbocycles. The molecule has 0 saturated carbocycles. The maximum absolute atomic E-state index is 13.0. The van der Waals surface area contributed by atoms with Crippen LogP contribution in [0.15, 0.2) is 77.8 Å². The summed E-state index contributed by atoms with van der Waals surface area (Å²) in [6.07, 6.45) is 6.71. The van der Waals surface area contributed by atoms with Crippen molar-refractivity contribution in [1.29, 1.82) is 0 Å². The molecular weight excluding hydrogens is 359 g/mol. The van der Waals surface area contributed by atoms with E-state index in [1.54, 1.807) is 41.7 Å². The van der Waals surface area contributed by atoms with Crippen molar-refractivity contribution in [1.82, 2.24) is 20.1 Å². The molecule has 0 aliphatic rings. The minimum absolute atomic E-state index is 0.0963. The molecular formula is C21H17FN4O2. The van der Waals surface area contributed by atoms with Gasteiger partial charge in [0, 0.05) is 24.5 Å². The van der Waals surface area contributed by atoms with Crippen molar-refractivity contribution in [2.75, 3.05) is 0 Å². The SMILES string of the molecule is O=C(Cn1cc(-c2ccc(F)cc2)cn1)NCc1ccc(-c2ccco2)nc1. The molecule has 140 valence electrons. The highest BCUT2D eigenvalue weighted by molar-refractivity contribution is 5.75. The first kappa shape index (κ1) is 17.7. The molecule has 0 saturated heterocycles. The highest BCUT2D eigenvalue weighted by Crippen LogP contribution is 2.19. The molecule has 4 aromatic rings. The second-order valence-corrected chi connectivity index (χ2v) is 6.24. The largest absolute Gasteiger partial charge is 0.463 e. The number of aromatic nitrogens is 3. The second kappa shape index (κ2) is 7.87. The zero-order chi connectivity index (χ0) is 19.3. The van der Waals surface area contributed by atoms with E-state index >= 15 is 0 Å². The second-order valence-electron chi connectivity index (χ2n) is 6.24. The number of benzene rings is 1. The van der Waals surface area contributed by atoms with Crippen molar-refractivity contribution in [3.8, 4) is 22.6 Å². The number of nitrogens with one attached hydrogen (secondary N) is 1. The Kier molecular flexibility index (Phi) is 4.97. The van der Waals surface area contributed by atoms with Crippen LogP contribution in [-0.2, 0) is 17.9 Å². The Balaban J connectivity index is 1.32. The monoisotopic (exact) mass is 376 g/mol. The molecule has 3 aromatic heterocycles. The number of carbonyl (C=O) groups is 1. The number of hydrogen-bond acceptors (Lipinski definition) is 4. The number of halogens is 1. The van der Waals surface area contributed by atoms with Crippen LogP contribution in [0.2, 0.25) is 0 Å². The van der Waals surface area contributed by atoms with Crippen molar-refractivity contribution in [3.05, 3.63) is 84.8 Å². The van der Waals surface area contributed by atoms with E-state index in [4.69, 9.17) is 4.42 Å². The number of hydrogen-bond donors (Lipinski definition) is 1. The van der Waals surface area contributed by atoms with Gasteiger partial charge in [0.15, 0.2) is 5.76 Å². The summed E-state index contributed by atoms with van der Waals surface area (Å²) < 4.78 is 19.9. The predicted octanol–water partition coefficient (Wildman–Crippen LogP) is 3.66. The number of rotatable bonds is 6. The van der Waals surface area contributed by atoms with Crippen molar-refractivity contribution < 1.29 is 13.6 Å². The van der Waals surface area contributed by atoms with Crippen LogP contribution in [0.3, 0.4) is 0 Å². The maximum atomic E-state index is 13.0. The average molecular weight is 376 g/mol. The molecule has 0 atom stereocenters. The van der Waals surface area contributed by atoms with E-state index < -0.39 is 0 Å². The van der Waals surface area contributed by atoms with Gasteiger partial charge in [-0.2, -0.15) is 5.10 Å². The molecule has 7 heteroatoms. The van der Waals surface area contributed by atoms with Gasteiger partial charge in [-0.05, 0) is 41.5 Å².